The molecule has 0 radical (unpaired) electrons. The van der Waals surface area contributed by atoms with E-state index in [0.29, 0.717) is 0 Å². The first-order chi connectivity index (χ1) is 46.8. The number of rotatable bonds is 14. The molecule has 462 valence electrons. The van der Waals surface area contributed by atoms with Crippen LogP contribution in [-0.2, 0) is 29.7 Å². The van der Waals surface area contributed by atoms with E-state index in [-0.39, 0.29) is 38.1 Å². The Morgan fingerprint density at radius 1 is 0.271 bits per heavy atom. The van der Waals surface area contributed by atoms with Crippen LogP contribution in [0.1, 0.15) is 20.3 Å². The molecular weight excluding hydrogens is 1360 g/mol. The molecule has 0 unspecified atom stereocenters. The van der Waals surface area contributed by atoms with Crippen LogP contribution >= 0.6 is 0 Å². The summed E-state index contributed by atoms with van der Waals surface area (Å²) in [6.07, 6.45) is 7.17. The number of benzene rings is 14. The third-order valence-electron chi connectivity index (χ3n) is 16.4. The van der Waals surface area contributed by atoms with Crippen molar-refractivity contribution in [1.82, 2.24) is 19.9 Å². The Balaban J connectivity index is 0.000000157. The quantitative estimate of drug-likeness (QED) is 0.0595. The van der Waals surface area contributed by atoms with Gasteiger partial charge in [0.25, 0.3) is 0 Å². The standard InChI is InChI=1S/2C40H27N4.C5H8O2.Ir/c2*1-5-13-29(14-6-1)43(30-15-7-2-8-16-30)33-21-23-35-36-24-22-34(28-38(36)40-39(37(35)27-33)41-25-26-42-40)44(31-17-9-3-10-18-31)32-19-11-4-12-20-32;1-4(6)3-5(2)7;/h2*1-27H;3H2,1-2H3;/q2*-1;;+3. The average molecular weight is 1420 g/mol. The van der Waals surface area contributed by atoms with E-state index in [9.17, 15) is 9.59 Å². The van der Waals surface area contributed by atoms with Crippen LogP contribution in [0.25, 0.3) is 65.2 Å². The minimum Gasteiger partial charge on any atom is -0.328 e. The van der Waals surface area contributed by atoms with Gasteiger partial charge in [0.15, 0.2) is 0 Å². The maximum atomic E-state index is 10.0. The molecule has 16 aromatic rings. The second-order valence-electron chi connectivity index (χ2n) is 22.8. The molecule has 14 aromatic carbocycles. The summed E-state index contributed by atoms with van der Waals surface area (Å²) < 4.78 is 0. The Morgan fingerprint density at radius 2 is 0.510 bits per heavy atom. The Hall–Kier alpha value is -12.0. The van der Waals surface area contributed by atoms with Gasteiger partial charge in [-0.25, -0.2) is 0 Å². The van der Waals surface area contributed by atoms with Crippen LogP contribution in [0.3, 0.4) is 0 Å². The van der Waals surface area contributed by atoms with Crippen molar-refractivity contribution in [2.24, 2.45) is 0 Å². The van der Waals surface area contributed by atoms with Gasteiger partial charge in [0.2, 0.25) is 0 Å². The van der Waals surface area contributed by atoms with Crippen LogP contribution in [0.15, 0.2) is 328 Å². The van der Waals surface area contributed by atoms with Crippen molar-refractivity contribution >= 4 is 145 Å². The number of hydrogen-bond acceptors (Lipinski definition) is 10. The minimum atomic E-state index is -0.0625. The van der Waals surface area contributed by atoms with Crippen molar-refractivity contribution in [3.8, 4) is 0 Å². The molecular formula is C85H62IrN8O2+. The molecule has 10 nitrogen and oxygen atoms in total. The molecule has 0 bridgehead atoms. The average Bonchev–Trinajstić information content (AvgIpc) is 0.742. The molecule has 0 N–H and O–H groups in total. The van der Waals surface area contributed by atoms with Crippen LogP contribution in [0, 0.1) is 12.1 Å². The topological polar surface area (TPSA) is 98.7 Å². The second kappa shape index (κ2) is 28.9. The minimum absolute atomic E-state index is 0. The number of ketones is 2. The summed E-state index contributed by atoms with van der Waals surface area (Å²) >= 11 is 0. The number of carbonyl (C=O) groups excluding carboxylic acids is 2. The molecule has 0 atom stereocenters. The van der Waals surface area contributed by atoms with Gasteiger partial charge in [-0.3, -0.25) is 19.6 Å². The van der Waals surface area contributed by atoms with Crippen molar-refractivity contribution in [3.05, 3.63) is 340 Å². The first kappa shape index (κ1) is 62.8. The molecule has 0 fully saturated rings. The van der Waals surface area contributed by atoms with Gasteiger partial charge >= 0.3 is 20.1 Å². The first-order valence-corrected chi connectivity index (χ1v) is 31.5. The molecule has 2 aromatic heterocycles. The SMILES string of the molecule is CC(=O)CC(C)=O.[Ir+3].[c-]1c(N(c2ccccc2)c2ccccc2)ccc2c1c1nccnc1c1cc(N(c3ccccc3)c3ccccc3)ccc21.[c-]1c(N(c2ccccc2)c2ccccc2)ccc2c1c1nccnc1c1cc(N(c3ccccc3)c3ccccc3)ccc21. The van der Waals surface area contributed by atoms with Gasteiger partial charge in [0.1, 0.15) is 11.6 Å². The van der Waals surface area contributed by atoms with Gasteiger partial charge in [0.05, 0.1) is 17.5 Å². The maximum Gasteiger partial charge on any atom is 3.00 e. The zero-order chi connectivity index (χ0) is 64.5. The number of para-hydroxylation sites is 8. The Kier molecular flexibility index (Phi) is 18.9. The van der Waals surface area contributed by atoms with E-state index in [4.69, 9.17) is 19.9 Å². The maximum absolute atomic E-state index is 10.0. The third kappa shape index (κ3) is 13.2. The molecule has 0 aliphatic rings. The fourth-order valence-corrected chi connectivity index (χ4v) is 12.4. The summed E-state index contributed by atoms with van der Waals surface area (Å²) in [7, 11) is 0. The van der Waals surface area contributed by atoms with Crippen LogP contribution in [0.2, 0.25) is 0 Å². The number of fused-ring (bicyclic) bond motifs is 12. The Morgan fingerprint density at radius 3 is 0.760 bits per heavy atom. The number of aromatic nitrogens is 4. The summed E-state index contributed by atoms with van der Waals surface area (Å²) in [6.45, 7) is 2.81. The van der Waals surface area contributed by atoms with Crippen LogP contribution < -0.4 is 19.6 Å². The molecule has 0 saturated carbocycles. The van der Waals surface area contributed by atoms with E-state index in [2.05, 4.69) is 287 Å². The Bertz CT molecular complexity index is 4500. The van der Waals surface area contributed by atoms with E-state index in [0.717, 1.165) is 133 Å². The molecule has 16 rings (SSSR count). The fraction of sp³-hybridized carbons (Fsp3) is 0.0353. The molecule has 0 saturated heterocycles. The second-order valence-corrected chi connectivity index (χ2v) is 22.8. The van der Waals surface area contributed by atoms with Crippen LogP contribution in [0.5, 0.6) is 0 Å². The normalized spacial score (nSPS) is 10.9. The number of hydrogen-bond donors (Lipinski definition) is 0. The fourth-order valence-electron chi connectivity index (χ4n) is 12.4. The molecule has 96 heavy (non-hydrogen) atoms. The van der Waals surface area contributed by atoms with E-state index in [1.807, 2.05) is 48.5 Å². The predicted molar refractivity (Wildman–Crippen MR) is 391 cm³/mol. The monoisotopic (exact) mass is 1420 g/mol. The van der Waals surface area contributed by atoms with E-state index < -0.39 is 0 Å². The molecule has 2 heterocycles. The smallest absolute Gasteiger partial charge is 0.328 e. The molecule has 0 aliphatic heterocycles. The zero-order valence-electron chi connectivity index (χ0n) is 52.6. The van der Waals surface area contributed by atoms with Crippen molar-refractivity contribution in [2.45, 2.75) is 20.3 Å². The van der Waals surface area contributed by atoms with Gasteiger partial charge in [-0.1, -0.05) is 179 Å². The summed E-state index contributed by atoms with van der Waals surface area (Å²) in [4.78, 5) is 48.6. The summed E-state index contributed by atoms with van der Waals surface area (Å²) in [5, 5.41) is 8.43. The Labute approximate surface area is 571 Å². The zero-order valence-corrected chi connectivity index (χ0v) is 55.0. The van der Waals surface area contributed by atoms with Gasteiger partial charge in [-0.15, -0.1) is 47.2 Å². The molecule has 11 heteroatoms. The van der Waals surface area contributed by atoms with E-state index >= 15 is 0 Å². The largest absolute Gasteiger partial charge is 3.00 e. The molecule has 0 spiro atoms. The van der Waals surface area contributed by atoms with Crippen molar-refractivity contribution in [1.29, 1.82) is 0 Å². The van der Waals surface area contributed by atoms with E-state index in [1.165, 1.54) is 13.8 Å². The van der Waals surface area contributed by atoms with Gasteiger partial charge in [-0.05, 0) is 157 Å². The number of anilines is 12. The van der Waals surface area contributed by atoms with Gasteiger partial charge < -0.3 is 29.6 Å². The summed E-state index contributed by atoms with van der Waals surface area (Å²) in [5.41, 5.74) is 16.0. The van der Waals surface area contributed by atoms with Crippen LogP contribution in [0.4, 0.5) is 68.2 Å². The number of Topliss-reactive ketones (excluding diaryl/α,β-unsaturated/α-hetero) is 2. The van der Waals surface area contributed by atoms with E-state index in [1.54, 1.807) is 24.8 Å². The van der Waals surface area contributed by atoms with Crippen molar-refractivity contribution in [3.63, 3.8) is 0 Å². The first-order valence-electron chi connectivity index (χ1n) is 31.5. The van der Waals surface area contributed by atoms with Crippen molar-refractivity contribution in [2.75, 3.05) is 19.6 Å². The third-order valence-corrected chi connectivity index (χ3v) is 16.4. The summed E-state index contributed by atoms with van der Waals surface area (Å²) in [5.74, 6) is -0.125. The van der Waals surface area contributed by atoms with Gasteiger partial charge in [-0.2, -0.15) is 0 Å². The predicted octanol–water partition coefficient (Wildman–Crippen LogP) is 21.9. The van der Waals surface area contributed by atoms with Gasteiger partial charge in [0, 0.05) is 92.7 Å². The molecule has 0 amide bonds. The molecule has 0 aliphatic carbocycles. The summed E-state index contributed by atoms with van der Waals surface area (Å²) in [6, 6.07) is 113. The number of carbonyl (C=O) groups is 2. The number of nitrogens with zero attached hydrogens (tertiary/aromatic N) is 8. The van der Waals surface area contributed by atoms with Crippen LogP contribution in [-0.4, -0.2) is 31.5 Å². The van der Waals surface area contributed by atoms with Crippen molar-refractivity contribution < 1.29 is 29.7 Å².